The van der Waals surface area contributed by atoms with E-state index in [9.17, 15) is 14.7 Å². The summed E-state index contributed by atoms with van der Waals surface area (Å²) in [4.78, 5) is 30.6. The molecule has 2 aromatic heterocycles. The summed E-state index contributed by atoms with van der Waals surface area (Å²) in [5.41, 5.74) is 1.06. The summed E-state index contributed by atoms with van der Waals surface area (Å²) in [7, 11) is 0. The largest absolute Gasteiger partial charge is 0.505 e. The first-order valence-electron chi connectivity index (χ1n) is 6.10. The lowest BCUT2D eigenvalue weighted by molar-refractivity contribution is -0.141. The molecule has 0 unspecified atom stereocenters. The van der Waals surface area contributed by atoms with Gasteiger partial charge in [-0.15, -0.1) is 0 Å². The number of carbonyl (C=O) groups is 2. The van der Waals surface area contributed by atoms with E-state index >= 15 is 0 Å². The van der Waals surface area contributed by atoms with Crippen LogP contribution in [0.4, 0.5) is 0 Å². The van der Waals surface area contributed by atoms with Crippen molar-refractivity contribution in [3.05, 3.63) is 42.4 Å². The maximum atomic E-state index is 11.9. The summed E-state index contributed by atoms with van der Waals surface area (Å²) in [6.45, 7) is 0.942. The average Bonchev–Trinajstić information content (AvgIpc) is 2.48. The molecule has 0 aliphatic carbocycles. The van der Waals surface area contributed by atoms with Crippen LogP contribution in [0.1, 0.15) is 17.4 Å². The van der Waals surface area contributed by atoms with Gasteiger partial charge in [-0.2, -0.15) is 0 Å². The number of aromatic hydroxyl groups is 1. The number of carbonyl (C=O) groups excluding carboxylic acids is 2. The van der Waals surface area contributed by atoms with E-state index in [0.29, 0.717) is 11.3 Å². The summed E-state index contributed by atoms with van der Waals surface area (Å²) in [6.07, 6.45) is 3.22. The number of hydrogen-bond donors (Lipinski definition) is 2. The molecule has 0 radical (unpaired) electrons. The number of ether oxygens (including phenoxy) is 1. The molecule has 0 spiro atoms. The minimum Gasteiger partial charge on any atom is -0.505 e. The molecule has 0 aromatic carbocycles. The molecular weight excluding hydrogens is 274 g/mol. The molecule has 1 amide bonds. The van der Waals surface area contributed by atoms with Crippen LogP contribution >= 0.6 is 0 Å². The number of aromatic nitrogens is 2. The van der Waals surface area contributed by atoms with Crippen molar-refractivity contribution in [3.8, 4) is 17.0 Å². The van der Waals surface area contributed by atoms with Gasteiger partial charge in [0.25, 0.3) is 5.91 Å². The smallest absolute Gasteiger partial charge is 0.304 e. The van der Waals surface area contributed by atoms with Crippen molar-refractivity contribution < 1.29 is 19.4 Å². The van der Waals surface area contributed by atoms with E-state index in [0.717, 1.165) is 0 Å². The molecule has 0 fully saturated rings. The zero-order chi connectivity index (χ0) is 15.2. The van der Waals surface area contributed by atoms with Gasteiger partial charge in [0.2, 0.25) is 0 Å². The summed E-state index contributed by atoms with van der Waals surface area (Å²) in [6, 6.07) is 6.47. The van der Waals surface area contributed by atoms with Gasteiger partial charge in [-0.3, -0.25) is 14.6 Å². The number of rotatable bonds is 4. The van der Waals surface area contributed by atoms with Gasteiger partial charge in [-0.1, -0.05) is 0 Å². The second kappa shape index (κ2) is 6.47. The Bertz CT molecular complexity index is 659. The van der Waals surface area contributed by atoms with E-state index < -0.39 is 11.9 Å². The highest BCUT2D eigenvalue weighted by atomic mass is 16.5. The molecule has 0 saturated carbocycles. The summed E-state index contributed by atoms with van der Waals surface area (Å²) in [5, 5.41) is 12.0. The van der Waals surface area contributed by atoms with Crippen LogP contribution in [0.2, 0.25) is 0 Å². The van der Waals surface area contributed by atoms with Crippen LogP contribution in [0.5, 0.6) is 5.75 Å². The maximum absolute atomic E-state index is 11.9. The standard InChI is InChI=1S/C14H13N3O4/c1-9(18)21-8-16-14(20)13-12(19)5-4-11(17-13)10-3-2-6-15-7-10/h2-7,19H,8H2,1H3,(H,16,20). The molecule has 7 heteroatoms. The molecule has 2 aromatic rings. The first-order valence-corrected chi connectivity index (χ1v) is 6.10. The fourth-order valence-corrected chi connectivity index (χ4v) is 1.58. The molecule has 0 aliphatic rings. The molecule has 2 rings (SSSR count). The number of esters is 1. The summed E-state index contributed by atoms with van der Waals surface area (Å²) in [5.74, 6) is -1.42. The molecule has 7 nitrogen and oxygen atoms in total. The molecule has 2 N–H and O–H groups in total. The van der Waals surface area contributed by atoms with Gasteiger partial charge in [-0.25, -0.2) is 4.98 Å². The summed E-state index contributed by atoms with van der Waals surface area (Å²) >= 11 is 0. The van der Waals surface area contributed by atoms with E-state index in [1.54, 1.807) is 30.6 Å². The Balaban J connectivity index is 2.19. The Labute approximate surface area is 120 Å². The van der Waals surface area contributed by atoms with Crippen LogP contribution in [0.25, 0.3) is 11.3 Å². The molecule has 0 atom stereocenters. The van der Waals surface area contributed by atoms with Crippen molar-refractivity contribution in [2.75, 3.05) is 6.73 Å². The Kier molecular flexibility index (Phi) is 4.45. The zero-order valence-electron chi connectivity index (χ0n) is 11.2. The van der Waals surface area contributed by atoms with Gasteiger partial charge < -0.3 is 15.2 Å². The number of hydrogen-bond acceptors (Lipinski definition) is 6. The first-order chi connectivity index (χ1) is 10.1. The van der Waals surface area contributed by atoms with E-state index in [1.807, 2.05) is 0 Å². The molecule has 0 bridgehead atoms. The topological polar surface area (TPSA) is 101 Å². The predicted molar refractivity (Wildman–Crippen MR) is 73.2 cm³/mol. The van der Waals surface area contributed by atoms with Gasteiger partial charge in [0.1, 0.15) is 5.75 Å². The first kappa shape index (κ1) is 14.4. The molecular formula is C14H13N3O4. The highest BCUT2D eigenvalue weighted by Gasteiger charge is 2.14. The van der Waals surface area contributed by atoms with Crippen molar-refractivity contribution in [3.63, 3.8) is 0 Å². The third kappa shape index (κ3) is 3.75. The van der Waals surface area contributed by atoms with Crippen LogP contribution in [0, 0.1) is 0 Å². The van der Waals surface area contributed by atoms with Crippen LogP contribution in [0.15, 0.2) is 36.7 Å². The fourth-order valence-electron chi connectivity index (χ4n) is 1.58. The Morgan fingerprint density at radius 1 is 1.33 bits per heavy atom. The van der Waals surface area contributed by atoms with Crippen molar-refractivity contribution >= 4 is 11.9 Å². The molecule has 108 valence electrons. The second-order valence-electron chi connectivity index (χ2n) is 4.09. The number of nitrogens with one attached hydrogen (secondary N) is 1. The number of pyridine rings is 2. The van der Waals surface area contributed by atoms with Gasteiger partial charge >= 0.3 is 5.97 Å². The predicted octanol–water partition coefficient (Wildman–Crippen LogP) is 1.10. The van der Waals surface area contributed by atoms with Gasteiger partial charge in [-0.05, 0) is 24.3 Å². The van der Waals surface area contributed by atoms with E-state index in [4.69, 9.17) is 0 Å². The minimum absolute atomic E-state index is 0.150. The SMILES string of the molecule is CC(=O)OCNC(=O)c1nc(-c2cccnc2)ccc1O. The van der Waals surface area contributed by atoms with Crippen LogP contribution in [-0.4, -0.2) is 33.7 Å². The molecule has 2 heterocycles. The lowest BCUT2D eigenvalue weighted by Crippen LogP contribution is -2.28. The quantitative estimate of drug-likeness (QED) is 0.645. The normalized spacial score (nSPS) is 9.95. The average molecular weight is 287 g/mol. The van der Waals surface area contributed by atoms with E-state index in [2.05, 4.69) is 20.0 Å². The monoisotopic (exact) mass is 287 g/mol. The van der Waals surface area contributed by atoms with E-state index in [-0.39, 0.29) is 18.2 Å². The van der Waals surface area contributed by atoms with Crippen LogP contribution in [-0.2, 0) is 9.53 Å². The van der Waals surface area contributed by atoms with Gasteiger partial charge in [0, 0.05) is 24.9 Å². The second-order valence-corrected chi connectivity index (χ2v) is 4.09. The van der Waals surface area contributed by atoms with Crippen LogP contribution < -0.4 is 5.32 Å². The Morgan fingerprint density at radius 3 is 2.81 bits per heavy atom. The van der Waals surface area contributed by atoms with E-state index in [1.165, 1.54) is 13.0 Å². The highest BCUT2D eigenvalue weighted by molar-refractivity contribution is 5.95. The van der Waals surface area contributed by atoms with Crippen molar-refractivity contribution in [2.24, 2.45) is 0 Å². The lowest BCUT2D eigenvalue weighted by atomic mass is 10.1. The highest BCUT2D eigenvalue weighted by Crippen LogP contribution is 2.21. The zero-order valence-corrected chi connectivity index (χ0v) is 11.2. The Hall–Kier alpha value is -2.96. The molecule has 21 heavy (non-hydrogen) atoms. The van der Waals surface area contributed by atoms with Gasteiger partial charge in [0.05, 0.1) is 5.69 Å². The van der Waals surface area contributed by atoms with Crippen LogP contribution in [0.3, 0.4) is 0 Å². The van der Waals surface area contributed by atoms with Crippen molar-refractivity contribution in [1.29, 1.82) is 0 Å². The minimum atomic E-state index is -0.639. The van der Waals surface area contributed by atoms with Crippen molar-refractivity contribution in [1.82, 2.24) is 15.3 Å². The van der Waals surface area contributed by atoms with Crippen molar-refractivity contribution in [2.45, 2.75) is 6.92 Å². The Morgan fingerprint density at radius 2 is 2.14 bits per heavy atom. The molecule has 0 saturated heterocycles. The number of amides is 1. The molecule has 0 aliphatic heterocycles. The number of nitrogens with zero attached hydrogens (tertiary/aromatic N) is 2. The lowest BCUT2D eigenvalue weighted by Gasteiger charge is -2.08. The third-order valence-electron chi connectivity index (χ3n) is 2.55. The maximum Gasteiger partial charge on any atom is 0.304 e. The van der Waals surface area contributed by atoms with Gasteiger partial charge in [0.15, 0.2) is 12.4 Å². The fraction of sp³-hybridized carbons (Fsp3) is 0.143. The third-order valence-corrected chi connectivity index (χ3v) is 2.55. The summed E-state index contributed by atoms with van der Waals surface area (Å²) < 4.78 is 4.60.